The number of H-pyrrole nitrogens is 1. The minimum Gasteiger partial charge on any atom is -0.294 e. The number of Topliss-reactive ketones (excluding diaryl/α,β-unsaturated/α-hetero) is 1. The molecular weight excluding hydrogens is 302 g/mol. The fraction of sp³-hybridized carbons (Fsp3) is 0.167. The van der Waals surface area contributed by atoms with Gasteiger partial charge in [0.05, 0.1) is 5.69 Å². The lowest BCUT2D eigenvalue weighted by Crippen LogP contribution is -2.12. The number of nitrogens with one attached hydrogen (secondary N) is 1. The van der Waals surface area contributed by atoms with Crippen molar-refractivity contribution < 1.29 is 4.79 Å². The molecule has 0 unspecified atom stereocenters. The molecule has 24 heavy (non-hydrogen) atoms. The van der Waals surface area contributed by atoms with Crippen LogP contribution >= 0.6 is 0 Å². The van der Waals surface area contributed by atoms with E-state index < -0.39 is 0 Å². The number of pyridine rings is 1. The first-order chi connectivity index (χ1) is 11.8. The van der Waals surface area contributed by atoms with Gasteiger partial charge in [-0.1, -0.05) is 18.1 Å². The smallest absolute Gasteiger partial charge is 0.179 e. The molecule has 2 aromatic heterocycles. The molecule has 0 bridgehead atoms. The Balaban J connectivity index is 1.63. The van der Waals surface area contributed by atoms with Crippen molar-refractivity contribution in [1.29, 1.82) is 0 Å². The zero-order valence-electron chi connectivity index (χ0n) is 12.8. The van der Waals surface area contributed by atoms with E-state index >= 15 is 0 Å². The number of rotatable bonds is 1. The fourth-order valence-electron chi connectivity index (χ4n) is 2.73. The van der Waals surface area contributed by atoms with Crippen LogP contribution in [0.1, 0.15) is 40.2 Å². The van der Waals surface area contributed by atoms with Crippen LogP contribution in [0.3, 0.4) is 0 Å². The van der Waals surface area contributed by atoms with Gasteiger partial charge in [0.2, 0.25) is 0 Å². The molecule has 0 fully saturated rings. The van der Waals surface area contributed by atoms with Gasteiger partial charge in [-0.25, -0.2) is 10.1 Å². The first-order valence-corrected chi connectivity index (χ1v) is 7.69. The van der Waals surface area contributed by atoms with Gasteiger partial charge in [0.1, 0.15) is 5.69 Å². The van der Waals surface area contributed by atoms with Crippen LogP contribution in [0.15, 0.2) is 36.4 Å². The zero-order valence-corrected chi connectivity index (χ0v) is 12.8. The lowest BCUT2D eigenvalue weighted by molar-refractivity contribution is 0.0971. The van der Waals surface area contributed by atoms with Crippen molar-refractivity contribution in [2.24, 2.45) is 0 Å². The Morgan fingerprint density at radius 1 is 1.08 bits per heavy atom. The average molecular weight is 315 g/mol. The highest BCUT2D eigenvalue weighted by atomic mass is 16.1. The maximum atomic E-state index is 11.8. The second-order valence-electron chi connectivity index (χ2n) is 5.55. The highest BCUT2D eigenvalue weighted by Gasteiger charge is 2.17. The molecule has 0 saturated heterocycles. The Kier molecular flexibility index (Phi) is 3.60. The van der Waals surface area contributed by atoms with Gasteiger partial charge in [-0.2, -0.15) is 0 Å². The van der Waals surface area contributed by atoms with Gasteiger partial charge in [-0.05, 0) is 53.5 Å². The number of hydrogen-bond donors (Lipinski definition) is 1. The molecule has 1 N–H and O–H groups in total. The number of tetrazole rings is 1. The molecule has 1 aromatic carbocycles. The Morgan fingerprint density at radius 2 is 2.04 bits per heavy atom. The van der Waals surface area contributed by atoms with Crippen molar-refractivity contribution >= 4 is 5.78 Å². The summed E-state index contributed by atoms with van der Waals surface area (Å²) in [7, 11) is 0. The summed E-state index contributed by atoms with van der Waals surface area (Å²) in [4.78, 5) is 16.3. The first kappa shape index (κ1) is 14.3. The van der Waals surface area contributed by atoms with E-state index in [4.69, 9.17) is 0 Å². The number of nitrogens with zero attached hydrogens (tertiary/aromatic N) is 4. The second-order valence-corrected chi connectivity index (χ2v) is 5.55. The van der Waals surface area contributed by atoms with Crippen molar-refractivity contribution in [1.82, 2.24) is 25.6 Å². The minimum absolute atomic E-state index is 0.177. The largest absolute Gasteiger partial charge is 0.294 e. The summed E-state index contributed by atoms with van der Waals surface area (Å²) >= 11 is 0. The van der Waals surface area contributed by atoms with Crippen LogP contribution in [0.5, 0.6) is 0 Å². The van der Waals surface area contributed by atoms with Gasteiger partial charge in [0.25, 0.3) is 0 Å². The van der Waals surface area contributed by atoms with E-state index in [0.29, 0.717) is 17.9 Å². The van der Waals surface area contributed by atoms with Crippen molar-refractivity contribution in [3.8, 4) is 23.2 Å². The molecule has 0 atom stereocenters. The standard InChI is InChI=1S/C18H13N5O/c24-17-6-2-5-16-15(17)10-9-14(19-16)8-7-12-3-1-4-13(11-12)18-20-22-23-21-18/h1,3-4,9-11H,2,5-6H2,(H,20,21,22,23). The summed E-state index contributed by atoms with van der Waals surface area (Å²) in [6.07, 6.45) is 2.32. The van der Waals surface area contributed by atoms with E-state index in [9.17, 15) is 4.79 Å². The molecule has 1 aliphatic rings. The number of carbonyl (C=O) groups excluding carboxylic acids is 1. The quantitative estimate of drug-likeness (QED) is 0.696. The average Bonchev–Trinajstić information content (AvgIpc) is 3.15. The minimum atomic E-state index is 0.177. The molecule has 0 amide bonds. The number of ketones is 1. The third kappa shape index (κ3) is 2.79. The monoisotopic (exact) mass is 315 g/mol. The van der Waals surface area contributed by atoms with Crippen LogP contribution in [0, 0.1) is 11.8 Å². The maximum Gasteiger partial charge on any atom is 0.179 e. The van der Waals surface area contributed by atoms with E-state index in [-0.39, 0.29) is 5.78 Å². The van der Waals surface area contributed by atoms with Crippen molar-refractivity contribution in [2.45, 2.75) is 19.3 Å². The van der Waals surface area contributed by atoms with Crippen molar-refractivity contribution in [3.63, 3.8) is 0 Å². The molecule has 6 heteroatoms. The van der Waals surface area contributed by atoms with Gasteiger partial charge in [0.15, 0.2) is 11.6 Å². The number of aromatic amines is 1. The van der Waals surface area contributed by atoms with Gasteiger partial charge in [-0.3, -0.25) is 4.79 Å². The maximum absolute atomic E-state index is 11.8. The van der Waals surface area contributed by atoms with Crippen molar-refractivity contribution in [3.05, 3.63) is 58.9 Å². The number of fused-ring (bicyclic) bond motifs is 1. The Morgan fingerprint density at radius 3 is 2.92 bits per heavy atom. The van der Waals surface area contributed by atoms with Gasteiger partial charge in [0, 0.05) is 23.1 Å². The van der Waals surface area contributed by atoms with Crippen LogP contribution in [0.2, 0.25) is 0 Å². The molecular formula is C18H13N5O. The Bertz CT molecular complexity index is 967. The van der Waals surface area contributed by atoms with Crippen LogP contribution in [0.4, 0.5) is 0 Å². The zero-order chi connectivity index (χ0) is 16.4. The SMILES string of the molecule is O=C1CCCc2nc(C#Cc3cccc(-c4nnn[nH]4)c3)ccc21. The van der Waals surface area contributed by atoms with Gasteiger partial charge in [-0.15, -0.1) is 5.10 Å². The summed E-state index contributed by atoms with van der Waals surface area (Å²) in [5.41, 5.74) is 4.00. The molecule has 0 spiro atoms. The molecule has 3 aromatic rings. The third-order valence-electron chi connectivity index (χ3n) is 3.91. The van der Waals surface area contributed by atoms with E-state index in [1.54, 1.807) is 6.07 Å². The summed E-state index contributed by atoms with van der Waals surface area (Å²) < 4.78 is 0. The third-order valence-corrected chi connectivity index (χ3v) is 3.91. The molecule has 6 nitrogen and oxygen atoms in total. The van der Waals surface area contributed by atoms with Crippen LogP contribution in [-0.2, 0) is 6.42 Å². The molecule has 2 heterocycles. The van der Waals surface area contributed by atoms with Gasteiger partial charge < -0.3 is 0 Å². The second kappa shape index (κ2) is 6.05. The van der Waals surface area contributed by atoms with E-state index in [1.807, 2.05) is 30.3 Å². The van der Waals surface area contributed by atoms with E-state index in [2.05, 4.69) is 37.4 Å². The molecule has 116 valence electrons. The highest BCUT2D eigenvalue weighted by molar-refractivity contribution is 5.98. The summed E-state index contributed by atoms with van der Waals surface area (Å²) in [6.45, 7) is 0. The molecule has 1 aliphatic carbocycles. The van der Waals surface area contributed by atoms with Crippen LogP contribution in [-0.4, -0.2) is 31.4 Å². The lowest BCUT2D eigenvalue weighted by atomic mass is 9.94. The Labute approximate surface area is 138 Å². The number of aromatic nitrogens is 5. The summed E-state index contributed by atoms with van der Waals surface area (Å²) in [6, 6.07) is 11.3. The number of carbonyl (C=O) groups is 1. The summed E-state index contributed by atoms with van der Waals surface area (Å²) in [5, 5.41) is 13.8. The number of aryl methyl sites for hydroxylation is 1. The highest BCUT2D eigenvalue weighted by Crippen LogP contribution is 2.19. The Hall–Kier alpha value is -3.33. The van der Waals surface area contributed by atoms with E-state index in [1.165, 1.54) is 0 Å². The number of hydrogen-bond acceptors (Lipinski definition) is 5. The van der Waals surface area contributed by atoms with Crippen molar-refractivity contribution in [2.75, 3.05) is 0 Å². The molecule has 0 saturated carbocycles. The predicted octanol–water partition coefficient (Wildman–Crippen LogP) is 2.18. The van der Waals surface area contributed by atoms with E-state index in [0.717, 1.165) is 35.2 Å². The topological polar surface area (TPSA) is 84.4 Å². The van der Waals surface area contributed by atoms with Gasteiger partial charge >= 0.3 is 0 Å². The molecule has 0 aliphatic heterocycles. The number of benzene rings is 1. The lowest BCUT2D eigenvalue weighted by Gasteiger charge is -2.12. The fourth-order valence-corrected chi connectivity index (χ4v) is 2.73. The van der Waals surface area contributed by atoms with Crippen LogP contribution in [0.25, 0.3) is 11.4 Å². The summed E-state index contributed by atoms with van der Waals surface area (Å²) in [5.74, 6) is 6.94. The first-order valence-electron chi connectivity index (χ1n) is 7.69. The normalized spacial score (nSPS) is 13.1. The predicted molar refractivity (Wildman–Crippen MR) is 87.1 cm³/mol. The molecule has 4 rings (SSSR count). The molecule has 0 radical (unpaired) electrons. The van der Waals surface area contributed by atoms with Crippen LogP contribution < -0.4 is 0 Å².